The predicted molar refractivity (Wildman–Crippen MR) is 190 cm³/mol. The molecule has 1 aromatic heterocycles. The molecule has 5 rings (SSSR count). The smallest absolute Gasteiger partial charge is 0.408 e. The van der Waals surface area contributed by atoms with E-state index < -0.39 is 75.1 Å². The van der Waals surface area contributed by atoms with Crippen molar-refractivity contribution in [3.05, 3.63) is 36.2 Å². The molecule has 2 aliphatic heterocycles. The molecule has 5 atom stereocenters. The van der Waals surface area contributed by atoms with Crippen LogP contribution in [-0.4, -0.2) is 101 Å². The average molecular weight is 748 g/mol. The Kier molecular flexibility index (Phi) is 11.2. The van der Waals surface area contributed by atoms with Crippen LogP contribution >= 0.6 is 0 Å². The standard InChI is InChI=1S/C35H50FN7O8S/c1-21(2)43-28-24(36)15-13-17-25(28)37-32(43)50-23-18-27-29(44)39-35(31(46)40-52(48,49)41(6)7)19-22(35)14-11-9-8-10-12-16-26(30(45)42(27)20-23)38-33(47)51-34(3,4)5/h11,13-15,17,21-23,26-27H,8-10,12,16,18-20H2,1-7H3,(H,38,47)(H,39,44)(H,40,46)/t22-,23-,26+,27+,35-/m1/s1. The molecule has 1 aromatic carbocycles. The van der Waals surface area contributed by atoms with Crippen LogP contribution in [0.15, 0.2) is 30.4 Å². The van der Waals surface area contributed by atoms with Gasteiger partial charge in [-0.2, -0.15) is 17.7 Å². The quantitative estimate of drug-likeness (QED) is 0.358. The number of nitrogens with zero attached hydrogens (tertiary/aromatic N) is 4. The van der Waals surface area contributed by atoms with E-state index in [0.717, 1.165) is 17.1 Å². The molecule has 286 valence electrons. The van der Waals surface area contributed by atoms with E-state index in [1.807, 2.05) is 26.0 Å². The van der Waals surface area contributed by atoms with Crippen molar-refractivity contribution < 1.29 is 41.5 Å². The van der Waals surface area contributed by atoms with Crippen molar-refractivity contribution >= 4 is 45.1 Å². The van der Waals surface area contributed by atoms with Crippen molar-refractivity contribution in [2.24, 2.45) is 5.92 Å². The second-order valence-electron chi connectivity index (χ2n) is 15.2. The molecule has 1 aliphatic carbocycles. The zero-order chi connectivity index (χ0) is 38.2. The van der Waals surface area contributed by atoms with Crippen LogP contribution in [0.25, 0.3) is 11.0 Å². The highest BCUT2D eigenvalue weighted by Gasteiger charge is 2.61. The summed E-state index contributed by atoms with van der Waals surface area (Å²) in [5.74, 6) is -3.10. The predicted octanol–water partition coefficient (Wildman–Crippen LogP) is 3.32. The molecular weight excluding hydrogens is 697 g/mol. The van der Waals surface area contributed by atoms with E-state index in [-0.39, 0.29) is 43.4 Å². The van der Waals surface area contributed by atoms with E-state index in [1.54, 1.807) is 37.5 Å². The van der Waals surface area contributed by atoms with E-state index in [9.17, 15) is 32.0 Å². The van der Waals surface area contributed by atoms with Crippen LogP contribution in [0.1, 0.15) is 85.6 Å². The fourth-order valence-electron chi connectivity index (χ4n) is 6.71. The molecule has 3 heterocycles. The van der Waals surface area contributed by atoms with Crippen LogP contribution in [0.3, 0.4) is 0 Å². The molecule has 52 heavy (non-hydrogen) atoms. The number of carbonyl (C=O) groups is 4. The van der Waals surface area contributed by atoms with Crippen molar-refractivity contribution in [3.63, 3.8) is 0 Å². The van der Waals surface area contributed by atoms with Crippen molar-refractivity contribution in [1.29, 1.82) is 0 Å². The normalized spacial score (nSPS) is 25.9. The third kappa shape index (κ3) is 8.51. The number of nitrogens with one attached hydrogen (secondary N) is 3. The maximum atomic E-state index is 15.0. The Morgan fingerprint density at radius 2 is 1.88 bits per heavy atom. The van der Waals surface area contributed by atoms with Gasteiger partial charge >= 0.3 is 16.3 Å². The molecular formula is C35H50FN7O8S. The number of hydrogen-bond acceptors (Lipinski definition) is 9. The third-order valence-corrected chi connectivity index (χ3v) is 10.9. The van der Waals surface area contributed by atoms with E-state index in [4.69, 9.17) is 9.47 Å². The number of halogens is 1. The number of hydrogen-bond donors (Lipinski definition) is 3. The lowest BCUT2D eigenvalue weighted by atomic mass is 10.0. The van der Waals surface area contributed by atoms with Crippen LogP contribution in [0, 0.1) is 11.7 Å². The first kappa shape index (κ1) is 39.0. The molecule has 1 saturated heterocycles. The van der Waals surface area contributed by atoms with E-state index >= 15 is 0 Å². The lowest BCUT2D eigenvalue weighted by Crippen LogP contribution is -2.58. The number of para-hydroxylation sites is 1. The first-order valence-electron chi connectivity index (χ1n) is 17.7. The van der Waals surface area contributed by atoms with Gasteiger partial charge in [-0.3, -0.25) is 19.0 Å². The minimum absolute atomic E-state index is 0.0330. The largest absolute Gasteiger partial charge is 0.459 e. The maximum Gasteiger partial charge on any atom is 0.408 e. The monoisotopic (exact) mass is 747 g/mol. The fourth-order valence-corrected chi connectivity index (χ4v) is 7.31. The van der Waals surface area contributed by atoms with Gasteiger partial charge in [-0.15, -0.1) is 0 Å². The van der Waals surface area contributed by atoms with Gasteiger partial charge in [-0.1, -0.05) is 31.1 Å². The summed E-state index contributed by atoms with van der Waals surface area (Å²) in [7, 11) is -1.63. The van der Waals surface area contributed by atoms with Crippen LogP contribution in [-0.2, 0) is 29.3 Å². The number of aromatic nitrogens is 2. The van der Waals surface area contributed by atoms with Crippen molar-refractivity contribution in [3.8, 4) is 6.01 Å². The van der Waals surface area contributed by atoms with Gasteiger partial charge in [0.25, 0.3) is 11.9 Å². The van der Waals surface area contributed by atoms with Gasteiger partial charge in [0.05, 0.1) is 12.1 Å². The zero-order valence-corrected chi connectivity index (χ0v) is 31.6. The summed E-state index contributed by atoms with van der Waals surface area (Å²) >= 11 is 0. The summed E-state index contributed by atoms with van der Waals surface area (Å²) in [4.78, 5) is 61.1. The van der Waals surface area contributed by atoms with Gasteiger partial charge in [0.1, 0.15) is 40.7 Å². The van der Waals surface area contributed by atoms with Gasteiger partial charge < -0.3 is 25.0 Å². The molecule has 2 fully saturated rings. The summed E-state index contributed by atoms with van der Waals surface area (Å²) in [6.07, 6.45) is 5.27. The molecule has 0 spiro atoms. The first-order chi connectivity index (χ1) is 24.3. The fraction of sp³-hybridized carbons (Fsp3) is 0.629. The molecule has 3 N–H and O–H groups in total. The van der Waals surface area contributed by atoms with Crippen molar-refractivity contribution in [1.82, 2.24) is 34.1 Å². The Bertz CT molecular complexity index is 1840. The Labute approximate surface area is 303 Å². The molecule has 15 nitrogen and oxygen atoms in total. The summed E-state index contributed by atoms with van der Waals surface area (Å²) < 4.78 is 56.7. The molecule has 0 unspecified atom stereocenters. The zero-order valence-electron chi connectivity index (χ0n) is 30.8. The van der Waals surface area contributed by atoms with Gasteiger partial charge in [0.2, 0.25) is 11.8 Å². The maximum absolute atomic E-state index is 15.0. The van der Waals surface area contributed by atoms with Gasteiger partial charge in [0, 0.05) is 32.5 Å². The number of alkyl carbamates (subject to hydrolysis) is 1. The molecule has 4 amide bonds. The molecule has 0 radical (unpaired) electrons. The van der Waals surface area contributed by atoms with Crippen LogP contribution in [0.2, 0.25) is 0 Å². The first-order valence-corrected chi connectivity index (χ1v) is 19.1. The van der Waals surface area contributed by atoms with Gasteiger partial charge in [-0.25, -0.2) is 13.9 Å². The summed E-state index contributed by atoms with van der Waals surface area (Å²) in [5, 5.41) is 5.51. The Balaban J connectivity index is 1.50. The second-order valence-corrected chi connectivity index (χ2v) is 17.1. The van der Waals surface area contributed by atoms with Crippen LogP contribution in [0.4, 0.5) is 9.18 Å². The lowest BCUT2D eigenvalue weighted by molar-refractivity contribution is -0.141. The highest BCUT2D eigenvalue weighted by Crippen LogP contribution is 2.46. The topological polar surface area (TPSA) is 181 Å². The molecule has 0 bridgehead atoms. The van der Waals surface area contributed by atoms with Crippen molar-refractivity contribution in [2.75, 3.05) is 20.6 Å². The summed E-state index contributed by atoms with van der Waals surface area (Å²) in [5.41, 5.74) is -1.78. The summed E-state index contributed by atoms with van der Waals surface area (Å²) in [6, 6.07) is 2.16. The minimum atomic E-state index is -4.18. The summed E-state index contributed by atoms with van der Waals surface area (Å²) in [6.45, 7) is 8.73. The third-order valence-electron chi connectivity index (χ3n) is 9.46. The Hall–Kier alpha value is -4.25. The van der Waals surface area contributed by atoms with E-state index in [2.05, 4.69) is 20.3 Å². The average Bonchev–Trinajstić information content (AvgIpc) is 3.36. The number of rotatable bonds is 7. The highest BCUT2D eigenvalue weighted by atomic mass is 32.2. The lowest BCUT2D eigenvalue weighted by Gasteiger charge is -2.30. The Morgan fingerprint density at radius 1 is 1.15 bits per heavy atom. The van der Waals surface area contributed by atoms with E-state index in [0.29, 0.717) is 18.4 Å². The number of imidazole rings is 1. The number of fused-ring (bicyclic) bond motifs is 3. The van der Waals surface area contributed by atoms with Gasteiger partial charge in [0.15, 0.2) is 0 Å². The number of carbonyl (C=O) groups excluding carboxylic acids is 4. The minimum Gasteiger partial charge on any atom is -0.459 e. The van der Waals surface area contributed by atoms with Crippen LogP contribution in [0.5, 0.6) is 6.01 Å². The van der Waals surface area contributed by atoms with E-state index in [1.165, 1.54) is 25.1 Å². The number of amides is 4. The number of benzene rings is 1. The number of allylic oxidation sites excluding steroid dienone is 1. The SMILES string of the molecule is CC(C)n1c(O[C@@H]2C[C@H]3C(=O)N[C@]4(C(=O)NS(=O)(=O)N(C)C)C[C@H]4C=CCCCCC[C@H](NC(=O)OC(C)(C)C)C(=O)N3C2)nc2cccc(F)c21. The molecule has 3 aliphatic rings. The second kappa shape index (κ2) is 15.0. The highest BCUT2D eigenvalue weighted by molar-refractivity contribution is 7.87. The Morgan fingerprint density at radius 3 is 2.56 bits per heavy atom. The van der Waals surface area contributed by atoms with Gasteiger partial charge in [-0.05, 0) is 72.4 Å². The number of ether oxygens (including phenoxy) is 2. The molecule has 1 saturated carbocycles. The molecule has 2 aromatic rings. The van der Waals surface area contributed by atoms with Crippen molar-refractivity contribution in [2.45, 2.75) is 115 Å². The molecule has 17 heteroatoms. The van der Waals surface area contributed by atoms with Crippen LogP contribution < -0.4 is 20.1 Å².